The second-order valence-electron chi connectivity index (χ2n) is 15.3. The van der Waals surface area contributed by atoms with Crippen LogP contribution in [0.4, 0.5) is 0 Å². The minimum atomic E-state index is 0.655. The van der Waals surface area contributed by atoms with Crippen LogP contribution in [0.25, 0.3) is 126 Å². The van der Waals surface area contributed by atoms with Crippen molar-refractivity contribution in [2.24, 2.45) is 0 Å². The van der Waals surface area contributed by atoms with Crippen LogP contribution in [0, 0.1) is 0 Å². The van der Waals surface area contributed by atoms with E-state index in [1.165, 1.54) is 48.7 Å². The number of hydrogen-bond donors (Lipinski definition) is 0. The van der Waals surface area contributed by atoms with Gasteiger partial charge in [0.15, 0.2) is 0 Å². The normalized spacial score (nSPS) is 12.1. The first kappa shape index (κ1) is 31.4. The van der Waals surface area contributed by atoms with Crippen LogP contribution in [0.3, 0.4) is 0 Å². The van der Waals surface area contributed by atoms with Crippen molar-refractivity contribution in [3.05, 3.63) is 188 Å². The summed E-state index contributed by atoms with van der Waals surface area (Å²) in [5.74, 6) is 0.655. The summed E-state index contributed by atoms with van der Waals surface area (Å²) in [4.78, 5) is 10.8. The van der Waals surface area contributed by atoms with Crippen LogP contribution in [0.2, 0.25) is 0 Å². The van der Waals surface area contributed by atoms with Gasteiger partial charge < -0.3 is 4.42 Å². The lowest BCUT2D eigenvalue weighted by molar-refractivity contribution is 0.669. The Morgan fingerprint density at radius 3 is 2.00 bits per heavy atom. The first-order chi connectivity index (χ1) is 28.8. The Morgan fingerprint density at radius 2 is 1.07 bits per heavy atom. The molecular weight excluding hydrogens is 707 g/mol. The lowest BCUT2D eigenvalue weighted by Gasteiger charge is -2.14. The number of nitrogens with zero attached hydrogens (tertiary/aromatic N) is 3. The van der Waals surface area contributed by atoms with Gasteiger partial charge in [0.2, 0.25) is 5.95 Å². The number of hydrogen-bond acceptors (Lipinski definition) is 3. The first-order valence-electron chi connectivity index (χ1n) is 19.7. The fourth-order valence-corrected chi connectivity index (χ4v) is 9.63. The Balaban J connectivity index is 1.12. The molecule has 58 heavy (non-hydrogen) atoms. The minimum Gasteiger partial charge on any atom is -0.456 e. The quantitative estimate of drug-likeness (QED) is 0.169. The predicted molar refractivity (Wildman–Crippen MR) is 241 cm³/mol. The third kappa shape index (κ3) is 4.40. The molecule has 0 spiro atoms. The highest BCUT2D eigenvalue weighted by Crippen LogP contribution is 2.48. The van der Waals surface area contributed by atoms with Crippen LogP contribution < -0.4 is 0 Å². The van der Waals surface area contributed by atoms with E-state index < -0.39 is 0 Å². The summed E-state index contributed by atoms with van der Waals surface area (Å²) in [7, 11) is 0. The van der Waals surface area contributed by atoms with Gasteiger partial charge >= 0.3 is 0 Å². The van der Waals surface area contributed by atoms with E-state index in [9.17, 15) is 0 Å². The van der Waals surface area contributed by atoms with E-state index in [0.717, 1.165) is 71.8 Å². The van der Waals surface area contributed by atoms with Gasteiger partial charge in [-0.15, -0.1) is 0 Å². The van der Waals surface area contributed by atoms with E-state index in [1.807, 2.05) is 6.07 Å². The summed E-state index contributed by atoms with van der Waals surface area (Å²) in [6.45, 7) is 0. The smallest absolute Gasteiger partial charge is 0.235 e. The first-order valence-corrected chi connectivity index (χ1v) is 19.7. The van der Waals surface area contributed by atoms with Crippen molar-refractivity contribution in [2.45, 2.75) is 0 Å². The van der Waals surface area contributed by atoms with Crippen molar-refractivity contribution in [1.29, 1.82) is 0 Å². The number of benzene rings is 10. The van der Waals surface area contributed by atoms with E-state index in [-0.39, 0.29) is 0 Å². The molecule has 0 bridgehead atoms. The maximum absolute atomic E-state index is 6.33. The van der Waals surface area contributed by atoms with Gasteiger partial charge in [0, 0.05) is 37.9 Å². The maximum atomic E-state index is 6.33. The van der Waals surface area contributed by atoms with E-state index in [0.29, 0.717) is 5.95 Å². The van der Waals surface area contributed by atoms with Crippen LogP contribution in [-0.4, -0.2) is 14.5 Å². The monoisotopic (exact) mass is 737 g/mol. The molecular formula is C54H31N3O. The Hall–Kier alpha value is -7.82. The van der Waals surface area contributed by atoms with Gasteiger partial charge in [0.05, 0.1) is 22.2 Å². The van der Waals surface area contributed by atoms with Crippen LogP contribution in [0.1, 0.15) is 0 Å². The van der Waals surface area contributed by atoms with Crippen LogP contribution in [0.5, 0.6) is 0 Å². The average molecular weight is 738 g/mol. The second-order valence-corrected chi connectivity index (χ2v) is 15.3. The van der Waals surface area contributed by atoms with E-state index >= 15 is 0 Å². The summed E-state index contributed by atoms with van der Waals surface area (Å²) in [5.41, 5.74) is 11.5. The van der Waals surface area contributed by atoms with Gasteiger partial charge in [-0.25, -0.2) is 9.97 Å². The van der Waals surface area contributed by atoms with Crippen molar-refractivity contribution in [2.75, 3.05) is 0 Å². The predicted octanol–water partition coefficient (Wildman–Crippen LogP) is 14.5. The van der Waals surface area contributed by atoms with E-state index in [4.69, 9.17) is 14.4 Å². The minimum absolute atomic E-state index is 0.655. The fraction of sp³-hybridized carbons (Fsp3) is 0. The van der Waals surface area contributed by atoms with Crippen molar-refractivity contribution < 1.29 is 4.42 Å². The average Bonchev–Trinajstić information content (AvgIpc) is 3.84. The topological polar surface area (TPSA) is 43.9 Å². The molecule has 13 aromatic rings. The molecule has 0 aliphatic carbocycles. The molecule has 3 heterocycles. The van der Waals surface area contributed by atoms with Crippen molar-refractivity contribution in [1.82, 2.24) is 14.5 Å². The molecule has 10 aromatic carbocycles. The third-order valence-electron chi connectivity index (χ3n) is 12.1. The molecule has 0 saturated heterocycles. The highest BCUT2D eigenvalue weighted by Gasteiger charge is 2.24. The Labute approximate surface area is 332 Å². The molecule has 0 aliphatic rings. The van der Waals surface area contributed by atoms with Gasteiger partial charge in [0.1, 0.15) is 11.2 Å². The molecule has 0 fully saturated rings. The number of furan rings is 1. The fourth-order valence-electron chi connectivity index (χ4n) is 9.63. The molecule has 4 nitrogen and oxygen atoms in total. The molecule has 0 radical (unpaired) electrons. The molecule has 268 valence electrons. The van der Waals surface area contributed by atoms with Crippen molar-refractivity contribution >= 4 is 87.0 Å². The zero-order chi connectivity index (χ0) is 37.9. The van der Waals surface area contributed by atoms with Crippen LogP contribution in [-0.2, 0) is 0 Å². The van der Waals surface area contributed by atoms with Crippen molar-refractivity contribution in [3.63, 3.8) is 0 Å². The molecule has 0 unspecified atom stereocenters. The third-order valence-corrected chi connectivity index (χ3v) is 12.1. The van der Waals surface area contributed by atoms with Gasteiger partial charge in [-0.3, -0.25) is 4.57 Å². The highest BCUT2D eigenvalue weighted by molar-refractivity contribution is 6.39. The number of aromatic nitrogens is 3. The molecule has 0 aliphatic heterocycles. The van der Waals surface area contributed by atoms with Crippen molar-refractivity contribution in [3.8, 4) is 39.5 Å². The van der Waals surface area contributed by atoms with E-state index in [2.05, 4.69) is 187 Å². The van der Waals surface area contributed by atoms with Gasteiger partial charge in [-0.05, 0) is 91.6 Å². The summed E-state index contributed by atoms with van der Waals surface area (Å²) in [5, 5.41) is 13.1. The lowest BCUT2D eigenvalue weighted by Crippen LogP contribution is -2.03. The zero-order valence-corrected chi connectivity index (χ0v) is 31.1. The summed E-state index contributed by atoms with van der Waals surface area (Å²) >= 11 is 0. The highest BCUT2D eigenvalue weighted by atomic mass is 16.3. The molecule has 0 atom stereocenters. The van der Waals surface area contributed by atoms with Crippen LogP contribution >= 0.6 is 0 Å². The lowest BCUT2D eigenvalue weighted by atomic mass is 9.89. The molecule has 4 heteroatoms. The molecule has 3 aromatic heterocycles. The molecule has 0 N–H and O–H groups in total. The summed E-state index contributed by atoms with van der Waals surface area (Å²) in [6, 6.07) is 67.1. The van der Waals surface area contributed by atoms with Gasteiger partial charge in [-0.2, -0.15) is 0 Å². The molecule has 13 rings (SSSR count). The van der Waals surface area contributed by atoms with E-state index in [1.54, 1.807) is 0 Å². The number of fused-ring (bicyclic) bond motifs is 9. The Morgan fingerprint density at radius 1 is 0.362 bits per heavy atom. The summed E-state index contributed by atoms with van der Waals surface area (Å²) < 4.78 is 8.62. The zero-order valence-electron chi connectivity index (χ0n) is 31.1. The standard InChI is InChI=1S/C54H31N3O/c1-2-13-32(14-3-1)33-16-10-17-36(29-33)53-41-19-6-8-23-44(41)55-54(56-53)57-45-24-11-22-39-43-30-35(37-21-12-26-48-49(37)42-20-7-9-25-47(42)58-48)27-28-40(43)50-38-18-5-4-15-34(38)31-46(57)52(50)51(39)45/h1-31H. The Bertz CT molecular complexity index is 3800. The largest absolute Gasteiger partial charge is 0.456 e. The van der Waals surface area contributed by atoms with Gasteiger partial charge in [0.25, 0.3) is 0 Å². The summed E-state index contributed by atoms with van der Waals surface area (Å²) in [6.07, 6.45) is 0. The molecule has 0 saturated carbocycles. The van der Waals surface area contributed by atoms with Gasteiger partial charge in [-0.1, -0.05) is 146 Å². The number of para-hydroxylation sites is 2. The van der Waals surface area contributed by atoms with Crippen LogP contribution in [0.15, 0.2) is 192 Å². The maximum Gasteiger partial charge on any atom is 0.235 e. The molecule has 0 amide bonds. The SMILES string of the molecule is c1ccc(-c2cccc(-c3nc(-n4c5cccc6c7cc(-c8cccc9oc%10ccccc%10c89)ccc7c7c8ccccc8cc4c7c65)nc4ccccc34)c2)cc1. The second kappa shape index (κ2) is 11.8. The number of rotatable bonds is 4. The Kier molecular flexibility index (Phi) is 6.41.